The molecule has 0 saturated carbocycles. The Morgan fingerprint density at radius 2 is 1.78 bits per heavy atom. The minimum absolute atomic E-state index is 0.0855. The van der Waals surface area contributed by atoms with Crippen LogP contribution in [0.2, 0.25) is 0 Å². The first kappa shape index (κ1) is 22.5. The van der Waals surface area contributed by atoms with Gasteiger partial charge in [-0.1, -0.05) is 36.4 Å². The third-order valence-corrected chi connectivity index (χ3v) is 8.18. The molecule has 2 heterocycles. The van der Waals surface area contributed by atoms with Gasteiger partial charge in [0.2, 0.25) is 11.8 Å². The van der Waals surface area contributed by atoms with Gasteiger partial charge in [0.1, 0.15) is 5.01 Å². The van der Waals surface area contributed by atoms with Gasteiger partial charge in [0.25, 0.3) is 10.2 Å². The number of hydrogen-bond donors (Lipinski definition) is 1. The lowest BCUT2D eigenvalue weighted by Gasteiger charge is -2.10. The number of benzene rings is 2. The summed E-state index contributed by atoms with van der Waals surface area (Å²) < 4.78 is 55.1. The predicted octanol–water partition coefficient (Wildman–Crippen LogP) is 2.12. The maximum Gasteiger partial charge on any atom is 0.277 e. The zero-order valence-electron chi connectivity index (χ0n) is 17.0. The molecule has 0 aliphatic rings. The second kappa shape index (κ2) is 8.33. The molecule has 0 saturated heterocycles. The van der Waals surface area contributed by atoms with E-state index in [0.717, 1.165) is 26.4 Å². The molecule has 2 aromatic heterocycles. The Balaban J connectivity index is 1.72. The molecule has 168 valence electrons. The zero-order chi connectivity index (χ0) is 23.1. The van der Waals surface area contributed by atoms with E-state index < -0.39 is 25.3 Å². The average molecular weight is 494 g/mol. The number of nitrogens with zero attached hydrogens (tertiary/aromatic N) is 4. The van der Waals surface area contributed by atoms with E-state index in [9.17, 15) is 16.8 Å². The van der Waals surface area contributed by atoms with Gasteiger partial charge >= 0.3 is 0 Å². The van der Waals surface area contributed by atoms with E-state index in [1.54, 1.807) is 0 Å². The number of sulfone groups is 1. The molecule has 10 nitrogen and oxygen atoms in total. The van der Waals surface area contributed by atoms with Crippen molar-refractivity contribution in [3.05, 3.63) is 65.3 Å². The summed E-state index contributed by atoms with van der Waals surface area (Å²) in [5.74, 6) is -0.273. The summed E-state index contributed by atoms with van der Waals surface area (Å²) in [5.41, 5.74) is 2.66. The molecular formula is C19H19N5O5S3. The molecule has 0 radical (unpaired) electrons. The van der Waals surface area contributed by atoms with E-state index in [-0.39, 0.29) is 23.3 Å². The van der Waals surface area contributed by atoms with Gasteiger partial charge in [0.15, 0.2) is 15.1 Å². The zero-order valence-corrected chi connectivity index (χ0v) is 19.5. The number of thiazole rings is 1. The van der Waals surface area contributed by atoms with Gasteiger partial charge in [0.05, 0.1) is 16.8 Å². The van der Waals surface area contributed by atoms with Gasteiger partial charge in [-0.2, -0.15) is 12.7 Å². The fourth-order valence-corrected chi connectivity index (χ4v) is 5.87. The van der Waals surface area contributed by atoms with E-state index in [0.29, 0.717) is 5.52 Å². The highest BCUT2D eigenvalue weighted by Crippen LogP contribution is 2.36. The molecule has 4 rings (SSSR count). The van der Waals surface area contributed by atoms with Crippen LogP contribution < -0.4 is 5.14 Å². The summed E-state index contributed by atoms with van der Waals surface area (Å²) in [6.07, 6.45) is 1.06. The Morgan fingerprint density at radius 1 is 1.06 bits per heavy atom. The summed E-state index contributed by atoms with van der Waals surface area (Å²) >= 11 is 1.22. The van der Waals surface area contributed by atoms with Gasteiger partial charge in [-0.15, -0.1) is 21.5 Å². The lowest BCUT2D eigenvalue weighted by Crippen LogP contribution is -2.32. The Bertz CT molecular complexity index is 1480. The molecule has 2 N–H and O–H groups in total. The predicted molar refractivity (Wildman–Crippen MR) is 121 cm³/mol. The monoisotopic (exact) mass is 493 g/mol. The van der Waals surface area contributed by atoms with Crippen LogP contribution in [0.25, 0.3) is 21.3 Å². The first-order valence-corrected chi connectivity index (χ1v) is 13.5. The molecule has 0 fully saturated rings. The maximum absolute atomic E-state index is 12.6. The topological polar surface area (TPSA) is 149 Å². The van der Waals surface area contributed by atoms with Crippen LogP contribution in [0.4, 0.5) is 0 Å². The fourth-order valence-electron chi connectivity index (χ4n) is 3.05. The smallest absolute Gasteiger partial charge is 0.277 e. The molecule has 0 aliphatic carbocycles. The molecule has 2 aromatic carbocycles. The van der Waals surface area contributed by atoms with Crippen LogP contribution in [0.15, 0.2) is 52.9 Å². The second-order valence-corrected chi connectivity index (χ2v) is 12.0. The Hall–Kier alpha value is -2.71. The summed E-state index contributed by atoms with van der Waals surface area (Å²) in [5, 5.41) is 11.7. The first-order chi connectivity index (χ1) is 15.0. The largest absolute Gasteiger partial charge is 0.422 e. The van der Waals surface area contributed by atoms with E-state index >= 15 is 0 Å². The molecule has 1 atom stereocenters. The van der Waals surface area contributed by atoms with Crippen molar-refractivity contribution >= 4 is 41.6 Å². The van der Waals surface area contributed by atoms with Gasteiger partial charge in [-0.05, 0) is 23.3 Å². The van der Waals surface area contributed by atoms with Crippen molar-refractivity contribution in [1.29, 1.82) is 0 Å². The minimum Gasteiger partial charge on any atom is -0.422 e. The Morgan fingerprint density at radius 3 is 2.44 bits per heavy atom. The van der Waals surface area contributed by atoms with Gasteiger partial charge in [-0.25, -0.2) is 18.5 Å². The van der Waals surface area contributed by atoms with Gasteiger partial charge in [0, 0.05) is 13.3 Å². The minimum atomic E-state index is -3.96. The van der Waals surface area contributed by atoms with Crippen molar-refractivity contribution in [3.8, 4) is 11.1 Å². The van der Waals surface area contributed by atoms with Crippen LogP contribution in [0.1, 0.15) is 22.0 Å². The number of aromatic nitrogens is 3. The lowest BCUT2D eigenvalue weighted by atomic mass is 10.1. The summed E-state index contributed by atoms with van der Waals surface area (Å²) in [6.45, 7) is -0.289. The van der Waals surface area contributed by atoms with Gasteiger partial charge in [-0.3, -0.25) is 0 Å². The molecule has 1 unspecified atom stereocenters. The van der Waals surface area contributed by atoms with Crippen LogP contribution in [0.3, 0.4) is 0 Å². The van der Waals surface area contributed by atoms with Crippen molar-refractivity contribution in [2.45, 2.75) is 11.8 Å². The van der Waals surface area contributed by atoms with Crippen molar-refractivity contribution in [1.82, 2.24) is 19.5 Å². The first-order valence-electron chi connectivity index (χ1n) is 9.23. The quantitative estimate of drug-likeness (QED) is 0.411. The normalized spacial score (nSPS) is 13.6. The number of hydrogen-bond acceptors (Lipinski definition) is 9. The molecule has 4 aromatic rings. The van der Waals surface area contributed by atoms with Crippen molar-refractivity contribution in [2.75, 3.05) is 13.3 Å². The molecular weight excluding hydrogens is 474 g/mol. The molecule has 0 amide bonds. The van der Waals surface area contributed by atoms with Crippen molar-refractivity contribution in [3.63, 3.8) is 0 Å². The Labute approximate surface area is 188 Å². The molecule has 0 bridgehead atoms. The molecule has 32 heavy (non-hydrogen) atoms. The summed E-state index contributed by atoms with van der Waals surface area (Å²) in [7, 11) is -6.45. The SMILES string of the molecule is CN(Cc1nnc(C(c2nc3ccc(-c4ccccc4)cc3s2)S(C)(=O)=O)o1)S(N)(=O)=O. The molecule has 13 heteroatoms. The van der Waals surface area contributed by atoms with E-state index in [1.165, 1.54) is 18.4 Å². The Kier molecular flexibility index (Phi) is 5.85. The number of nitrogens with two attached hydrogens (primary N) is 1. The second-order valence-electron chi connectivity index (χ2n) is 7.15. The van der Waals surface area contributed by atoms with Crippen LogP contribution >= 0.6 is 11.3 Å². The van der Waals surface area contributed by atoms with Crippen molar-refractivity contribution < 1.29 is 21.3 Å². The van der Waals surface area contributed by atoms with E-state index in [4.69, 9.17) is 9.56 Å². The van der Waals surface area contributed by atoms with Crippen LogP contribution in [-0.2, 0) is 26.6 Å². The summed E-state index contributed by atoms with van der Waals surface area (Å²) in [6, 6.07) is 15.5. The van der Waals surface area contributed by atoms with Crippen molar-refractivity contribution in [2.24, 2.45) is 5.14 Å². The van der Waals surface area contributed by atoms with Crippen LogP contribution in [0.5, 0.6) is 0 Å². The highest BCUT2D eigenvalue weighted by atomic mass is 32.2. The van der Waals surface area contributed by atoms with Crippen LogP contribution in [0, 0.1) is 0 Å². The third kappa shape index (κ3) is 4.71. The summed E-state index contributed by atoms with van der Waals surface area (Å²) in [4.78, 5) is 4.49. The highest BCUT2D eigenvalue weighted by Gasteiger charge is 2.34. The fraction of sp³-hybridized carbons (Fsp3) is 0.211. The van der Waals surface area contributed by atoms with E-state index in [1.807, 2.05) is 48.5 Å². The standard InChI is InChI=1S/C19H19N5O5S3/c1-24(32(20,27)28)11-16-22-23-18(29-16)17(31(2,25)26)19-21-14-9-8-13(10-15(14)30-19)12-6-4-3-5-7-12/h3-10,17H,11H2,1-2H3,(H2,20,27,28). The maximum atomic E-state index is 12.6. The lowest BCUT2D eigenvalue weighted by molar-refractivity contribution is 0.381. The number of rotatable bonds is 7. The number of fused-ring (bicyclic) bond motifs is 1. The third-order valence-electron chi connectivity index (χ3n) is 4.66. The van der Waals surface area contributed by atoms with Crippen LogP contribution in [-0.4, -0.2) is 49.6 Å². The van der Waals surface area contributed by atoms with Gasteiger partial charge < -0.3 is 4.42 Å². The molecule has 0 spiro atoms. The highest BCUT2D eigenvalue weighted by molar-refractivity contribution is 7.91. The van der Waals surface area contributed by atoms with E-state index in [2.05, 4.69) is 15.2 Å². The average Bonchev–Trinajstić information content (AvgIpc) is 3.33. The molecule has 0 aliphatic heterocycles.